The van der Waals surface area contributed by atoms with Crippen molar-refractivity contribution in [3.05, 3.63) is 0 Å². The van der Waals surface area contributed by atoms with Crippen molar-refractivity contribution in [1.29, 1.82) is 0 Å². The van der Waals surface area contributed by atoms with E-state index < -0.39 is 36.4 Å². The first-order chi connectivity index (χ1) is 9.38. The van der Waals surface area contributed by atoms with E-state index in [1.165, 1.54) is 0 Å². The predicted molar refractivity (Wildman–Crippen MR) is 63.1 cm³/mol. The zero-order chi connectivity index (χ0) is 15.5. The topological polar surface area (TPSA) is 162 Å². The van der Waals surface area contributed by atoms with Crippen molar-refractivity contribution in [1.82, 2.24) is 10.6 Å². The van der Waals surface area contributed by atoms with Crippen LogP contribution in [-0.4, -0.2) is 71.5 Å². The third-order valence-corrected chi connectivity index (χ3v) is 2.21. The molecule has 20 heavy (non-hydrogen) atoms. The summed E-state index contributed by atoms with van der Waals surface area (Å²) in [4.78, 5) is 41.8. The first-order valence-corrected chi connectivity index (χ1v) is 5.58. The number of rotatable bonds is 12. The van der Waals surface area contributed by atoms with Crippen LogP contribution < -0.4 is 10.6 Å². The second-order valence-electron chi connectivity index (χ2n) is 3.72. The van der Waals surface area contributed by atoms with Gasteiger partial charge in [0.05, 0.1) is 6.42 Å². The van der Waals surface area contributed by atoms with E-state index in [0.29, 0.717) is 0 Å². The highest BCUT2D eigenvalue weighted by molar-refractivity contribution is 5.80. The van der Waals surface area contributed by atoms with Crippen LogP contribution in [0.2, 0.25) is 0 Å². The lowest BCUT2D eigenvalue weighted by atomic mass is 10.2. The quantitative estimate of drug-likeness (QED) is 0.195. The minimum atomic E-state index is -1.31. The molecule has 0 spiro atoms. The summed E-state index contributed by atoms with van der Waals surface area (Å²) in [5, 5.41) is 31.0. The molecule has 0 saturated carbocycles. The molecule has 0 aliphatic carbocycles. The largest absolute Gasteiger partial charge is 0.481 e. The summed E-state index contributed by atoms with van der Waals surface area (Å²) in [6, 6.07) is -2.38. The Kier molecular flexibility index (Phi) is 8.63. The van der Waals surface area contributed by atoms with Crippen LogP contribution in [0.5, 0.6) is 0 Å². The first-order valence-electron chi connectivity index (χ1n) is 5.58. The van der Waals surface area contributed by atoms with Crippen LogP contribution in [-0.2, 0) is 23.9 Å². The molecular weight excluding hydrogens is 276 g/mol. The lowest BCUT2D eigenvalue weighted by Gasteiger charge is -2.15. The number of hydrogen-bond donors (Lipinski definition) is 5. The van der Waals surface area contributed by atoms with Crippen molar-refractivity contribution in [2.75, 3.05) is 19.7 Å². The molecular formula is C10H16N2O8. The Bertz CT molecular complexity index is 359. The smallest absolute Gasteiger partial charge is 0.324 e. The highest BCUT2D eigenvalue weighted by atomic mass is 16.5. The van der Waals surface area contributed by atoms with Crippen molar-refractivity contribution in [2.45, 2.75) is 18.5 Å². The maximum absolute atomic E-state index is 10.7. The monoisotopic (exact) mass is 292 g/mol. The van der Waals surface area contributed by atoms with E-state index in [1.807, 2.05) is 0 Å². The summed E-state index contributed by atoms with van der Waals surface area (Å²) >= 11 is 0. The molecule has 0 amide bonds. The molecule has 0 aliphatic heterocycles. The fraction of sp³-hybridized carbons (Fsp3) is 0.600. The molecule has 0 aromatic rings. The van der Waals surface area contributed by atoms with Crippen molar-refractivity contribution < 1.29 is 39.2 Å². The number of carbonyl (C=O) groups excluding carboxylic acids is 1. The summed E-state index contributed by atoms with van der Waals surface area (Å²) in [6.45, 7) is -0.156. The van der Waals surface area contributed by atoms with E-state index in [2.05, 4.69) is 15.4 Å². The van der Waals surface area contributed by atoms with Crippen molar-refractivity contribution >= 4 is 24.4 Å². The number of aliphatic carboxylic acids is 3. The molecule has 0 radical (unpaired) electrons. The van der Waals surface area contributed by atoms with Crippen LogP contribution in [0.25, 0.3) is 0 Å². The number of carboxylic acids is 3. The van der Waals surface area contributed by atoms with Gasteiger partial charge in [-0.3, -0.25) is 19.2 Å². The van der Waals surface area contributed by atoms with Crippen LogP contribution in [0.3, 0.4) is 0 Å². The lowest BCUT2D eigenvalue weighted by Crippen LogP contribution is -2.46. The Balaban J connectivity index is 4.06. The minimum absolute atomic E-state index is 0.0368. The van der Waals surface area contributed by atoms with Gasteiger partial charge in [0.2, 0.25) is 0 Å². The summed E-state index contributed by atoms with van der Waals surface area (Å²) in [5.74, 6) is -3.81. The molecule has 5 N–H and O–H groups in total. The Hall–Kier alpha value is -2.20. The fourth-order valence-electron chi connectivity index (χ4n) is 1.27. The normalized spacial score (nSPS) is 13.2. The maximum atomic E-state index is 10.7. The minimum Gasteiger partial charge on any atom is -0.481 e. The second-order valence-corrected chi connectivity index (χ2v) is 3.72. The molecule has 0 aromatic heterocycles. The molecule has 0 aliphatic rings. The molecule has 2 unspecified atom stereocenters. The molecule has 114 valence electrons. The molecule has 0 rings (SSSR count). The fourth-order valence-corrected chi connectivity index (χ4v) is 1.27. The van der Waals surface area contributed by atoms with Crippen LogP contribution in [0, 0.1) is 0 Å². The maximum Gasteiger partial charge on any atom is 0.324 e. The third-order valence-electron chi connectivity index (χ3n) is 2.21. The first kappa shape index (κ1) is 17.8. The van der Waals surface area contributed by atoms with Gasteiger partial charge in [-0.05, 0) is 0 Å². The molecule has 10 nitrogen and oxygen atoms in total. The van der Waals surface area contributed by atoms with E-state index >= 15 is 0 Å². The Morgan fingerprint density at radius 1 is 1.00 bits per heavy atom. The molecule has 0 aromatic carbocycles. The van der Waals surface area contributed by atoms with Gasteiger partial charge in [0.15, 0.2) is 0 Å². The van der Waals surface area contributed by atoms with Gasteiger partial charge in [-0.15, -0.1) is 0 Å². The highest BCUT2D eigenvalue weighted by Gasteiger charge is 2.21. The van der Waals surface area contributed by atoms with Gasteiger partial charge in [0.25, 0.3) is 6.47 Å². The van der Waals surface area contributed by atoms with Crippen LogP contribution in [0.4, 0.5) is 0 Å². The third kappa shape index (κ3) is 8.00. The zero-order valence-electron chi connectivity index (χ0n) is 10.4. The number of carboxylic acid groups (broad SMARTS) is 3. The van der Waals surface area contributed by atoms with E-state index in [-0.39, 0.29) is 26.2 Å². The van der Waals surface area contributed by atoms with Crippen molar-refractivity contribution in [3.8, 4) is 0 Å². The number of nitrogens with one attached hydrogen (secondary N) is 2. The molecule has 0 fully saturated rings. The standard InChI is InChI=1S/C10H16N2O8/c13-5-20-4-7(10(18)19)12-2-1-11-6(9(16)17)3-8(14)15/h5-7,11-12H,1-4H2,(H,14,15)(H,16,17)(H,18,19). The molecule has 2 atom stereocenters. The number of hydrogen-bond acceptors (Lipinski definition) is 7. The predicted octanol–water partition coefficient (Wildman–Crippen LogP) is -2.28. The van der Waals surface area contributed by atoms with E-state index in [9.17, 15) is 19.2 Å². The number of carbonyl (C=O) groups is 4. The zero-order valence-corrected chi connectivity index (χ0v) is 10.4. The highest BCUT2D eigenvalue weighted by Crippen LogP contribution is 1.92. The number of ether oxygens (including phenoxy) is 1. The van der Waals surface area contributed by atoms with Gasteiger partial charge >= 0.3 is 17.9 Å². The summed E-state index contributed by atoms with van der Waals surface area (Å²) in [7, 11) is 0. The van der Waals surface area contributed by atoms with Crippen molar-refractivity contribution in [3.63, 3.8) is 0 Å². The Morgan fingerprint density at radius 3 is 1.90 bits per heavy atom. The SMILES string of the molecule is O=COCC(NCCNC(CC(=O)O)C(=O)O)C(=O)O. The average molecular weight is 292 g/mol. The van der Waals surface area contributed by atoms with Gasteiger partial charge in [-0.2, -0.15) is 0 Å². The average Bonchev–Trinajstić information content (AvgIpc) is 2.35. The summed E-state index contributed by atoms with van der Waals surface area (Å²) in [5.41, 5.74) is 0. The lowest BCUT2D eigenvalue weighted by molar-refractivity contribution is -0.146. The van der Waals surface area contributed by atoms with Gasteiger partial charge in [0.1, 0.15) is 18.7 Å². The van der Waals surface area contributed by atoms with Gasteiger partial charge in [-0.1, -0.05) is 0 Å². The summed E-state index contributed by atoms with van der Waals surface area (Å²) < 4.78 is 4.31. The van der Waals surface area contributed by atoms with Crippen LogP contribution in [0.15, 0.2) is 0 Å². The molecule has 0 bridgehead atoms. The molecule has 0 heterocycles. The van der Waals surface area contributed by atoms with Crippen LogP contribution in [0.1, 0.15) is 6.42 Å². The molecule has 10 heteroatoms. The Labute approximate surface area is 113 Å². The molecule has 0 saturated heterocycles. The van der Waals surface area contributed by atoms with Crippen molar-refractivity contribution in [2.24, 2.45) is 0 Å². The van der Waals surface area contributed by atoms with Gasteiger partial charge in [-0.25, -0.2) is 0 Å². The van der Waals surface area contributed by atoms with Gasteiger partial charge in [0, 0.05) is 13.1 Å². The van der Waals surface area contributed by atoms with Crippen LogP contribution >= 0.6 is 0 Å². The Morgan fingerprint density at radius 2 is 1.50 bits per heavy atom. The van der Waals surface area contributed by atoms with E-state index in [0.717, 1.165) is 0 Å². The second kappa shape index (κ2) is 9.69. The summed E-state index contributed by atoms with van der Waals surface area (Å²) in [6.07, 6.45) is -0.591. The van der Waals surface area contributed by atoms with E-state index in [4.69, 9.17) is 15.3 Å². The van der Waals surface area contributed by atoms with E-state index in [1.54, 1.807) is 0 Å². The van der Waals surface area contributed by atoms with Gasteiger partial charge < -0.3 is 30.7 Å².